The molecule has 0 atom stereocenters. The first kappa shape index (κ1) is 17.8. The minimum Gasteiger partial charge on any atom is -0.506 e. The lowest BCUT2D eigenvalue weighted by Gasteiger charge is -2.31. The van der Waals surface area contributed by atoms with Crippen molar-refractivity contribution in [2.75, 3.05) is 4.90 Å². The molecule has 0 aromatic heterocycles. The van der Waals surface area contributed by atoms with Crippen LogP contribution in [-0.4, -0.2) is 13.2 Å². The van der Waals surface area contributed by atoms with E-state index in [1.807, 2.05) is 42.5 Å². The van der Waals surface area contributed by atoms with E-state index in [1.165, 1.54) is 5.19 Å². The molecule has 0 aliphatic carbocycles. The molecule has 0 saturated heterocycles. The van der Waals surface area contributed by atoms with Gasteiger partial charge in [0.1, 0.15) is 5.75 Å². The number of hydrogen-bond donors (Lipinski definition) is 1. The van der Waals surface area contributed by atoms with Crippen LogP contribution in [0.2, 0.25) is 19.6 Å². The van der Waals surface area contributed by atoms with E-state index < -0.39 is 8.07 Å². The van der Waals surface area contributed by atoms with Crippen LogP contribution in [0.3, 0.4) is 0 Å². The number of para-hydroxylation sites is 1. The molecule has 0 bridgehead atoms. The van der Waals surface area contributed by atoms with Crippen LogP contribution in [0.25, 0.3) is 0 Å². The first-order valence-electron chi connectivity index (χ1n) is 8.30. The van der Waals surface area contributed by atoms with Gasteiger partial charge >= 0.3 is 0 Å². The number of nitrogens with zero attached hydrogens (tertiary/aromatic N) is 1. The summed E-state index contributed by atoms with van der Waals surface area (Å²) in [6.07, 6.45) is 0. The predicted octanol–water partition coefficient (Wildman–Crippen LogP) is 6.17. The highest BCUT2D eigenvalue weighted by Gasteiger charge is 2.16. The number of phenolic OH excluding ortho intramolecular Hbond substituents is 1. The molecule has 0 aliphatic rings. The van der Waals surface area contributed by atoms with Crippen LogP contribution in [-0.2, 0) is 0 Å². The monoisotopic (exact) mass is 411 g/mol. The van der Waals surface area contributed by atoms with E-state index in [0.717, 1.165) is 21.5 Å². The maximum absolute atomic E-state index is 10.5. The summed E-state index contributed by atoms with van der Waals surface area (Å²) in [5.41, 5.74) is 2.79. The van der Waals surface area contributed by atoms with Crippen molar-refractivity contribution in [1.29, 1.82) is 0 Å². The number of phenols is 1. The zero-order chi connectivity index (χ0) is 18.0. The van der Waals surface area contributed by atoms with Gasteiger partial charge in [-0.2, -0.15) is 24.8 Å². The second-order valence-electron chi connectivity index (χ2n) is 7.10. The van der Waals surface area contributed by atoms with E-state index >= 15 is 0 Å². The number of benzene rings is 3. The van der Waals surface area contributed by atoms with E-state index in [0.29, 0.717) is 0 Å². The number of rotatable bonds is 4. The quantitative estimate of drug-likeness (QED) is 0.518. The molecule has 3 aromatic carbocycles. The van der Waals surface area contributed by atoms with Crippen LogP contribution in [0.15, 0.2) is 77.3 Å². The Labute approximate surface area is 158 Å². The third-order valence-corrected chi connectivity index (χ3v) is 6.74. The van der Waals surface area contributed by atoms with Gasteiger partial charge in [-0.15, -0.1) is 8.07 Å². The SMILES string of the molecule is C[Si-](C)(C)c1ccc(N(c2ccccc2)c2cc(Br)ccc2O)cc1. The molecule has 2 nitrogen and oxygen atoms in total. The second kappa shape index (κ2) is 7.06. The van der Waals surface area contributed by atoms with Crippen LogP contribution in [0.1, 0.15) is 0 Å². The zero-order valence-electron chi connectivity index (χ0n) is 14.7. The zero-order valence-corrected chi connectivity index (χ0v) is 17.3. The molecule has 0 amide bonds. The van der Waals surface area contributed by atoms with Crippen LogP contribution in [0.5, 0.6) is 5.75 Å². The Morgan fingerprint density at radius 2 is 1.40 bits per heavy atom. The van der Waals surface area contributed by atoms with E-state index in [-0.39, 0.29) is 5.75 Å². The standard InChI is InChI=1S/C21H22BrNOSi/c1-25(2,3)19-12-10-18(11-13-19)23(17-7-5-4-6-8-17)20-15-16(22)9-14-21(20)24/h4-15,24H,1-3H3/q-1. The van der Waals surface area contributed by atoms with Crippen molar-refractivity contribution >= 4 is 46.3 Å². The minimum absolute atomic E-state index is 0.251. The highest BCUT2D eigenvalue weighted by Crippen LogP contribution is 2.40. The third kappa shape index (κ3) is 3.97. The first-order valence-corrected chi connectivity index (χ1v) is 12.6. The summed E-state index contributed by atoms with van der Waals surface area (Å²) in [5, 5.41) is 11.9. The maximum Gasteiger partial charge on any atom is 0.139 e. The van der Waals surface area contributed by atoms with Crippen molar-refractivity contribution in [2.45, 2.75) is 19.6 Å². The molecular formula is C21H22BrNOSi-. The van der Waals surface area contributed by atoms with Gasteiger partial charge in [-0.25, -0.2) is 0 Å². The van der Waals surface area contributed by atoms with E-state index in [2.05, 4.69) is 64.7 Å². The first-order chi connectivity index (χ1) is 11.9. The van der Waals surface area contributed by atoms with E-state index in [4.69, 9.17) is 0 Å². The van der Waals surface area contributed by atoms with E-state index in [9.17, 15) is 5.11 Å². The van der Waals surface area contributed by atoms with Gasteiger partial charge in [0.15, 0.2) is 0 Å². The van der Waals surface area contributed by atoms with Crippen LogP contribution in [0, 0.1) is 0 Å². The molecule has 0 saturated carbocycles. The summed E-state index contributed by atoms with van der Waals surface area (Å²) in [7, 11) is -1.34. The molecule has 129 valence electrons. The highest BCUT2D eigenvalue weighted by molar-refractivity contribution is 9.10. The summed E-state index contributed by atoms with van der Waals surface area (Å²) >= 11 is 3.52. The van der Waals surface area contributed by atoms with Gasteiger partial charge in [-0.1, -0.05) is 46.3 Å². The molecule has 4 heteroatoms. The molecular weight excluding hydrogens is 390 g/mol. The lowest BCUT2D eigenvalue weighted by atomic mass is 10.2. The Balaban J connectivity index is 2.14. The van der Waals surface area contributed by atoms with Gasteiger partial charge in [0.25, 0.3) is 0 Å². The summed E-state index contributed by atoms with van der Waals surface area (Å²) in [6, 6.07) is 24.3. The van der Waals surface area contributed by atoms with Gasteiger partial charge in [0, 0.05) is 15.8 Å². The lowest BCUT2D eigenvalue weighted by Crippen LogP contribution is -2.37. The van der Waals surface area contributed by atoms with E-state index in [1.54, 1.807) is 6.07 Å². The number of halogens is 1. The van der Waals surface area contributed by atoms with Crippen molar-refractivity contribution < 1.29 is 5.11 Å². The van der Waals surface area contributed by atoms with Gasteiger partial charge in [-0.3, -0.25) is 0 Å². The summed E-state index contributed by atoms with van der Waals surface area (Å²) in [6.45, 7) is 7.03. The topological polar surface area (TPSA) is 23.5 Å². The fourth-order valence-corrected chi connectivity index (χ4v) is 4.31. The van der Waals surface area contributed by atoms with Crippen LogP contribution < -0.4 is 10.1 Å². The van der Waals surface area contributed by atoms with Gasteiger partial charge in [0.05, 0.1) is 5.69 Å². The molecule has 3 aromatic rings. The van der Waals surface area contributed by atoms with Crippen molar-refractivity contribution in [3.05, 3.63) is 77.3 Å². The molecule has 0 radical (unpaired) electrons. The smallest absolute Gasteiger partial charge is 0.139 e. The molecule has 25 heavy (non-hydrogen) atoms. The van der Waals surface area contributed by atoms with Crippen LogP contribution >= 0.6 is 15.9 Å². The fraction of sp³-hybridized carbons (Fsp3) is 0.143. The molecule has 0 fully saturated rings. The molecule has 3 rings (SSSR count). The predicted molar refractivity (Wildman–Crippen MR) is 113 cm³/mol. The Bertz CT molecular complexity index is 857. The van der Waals surface area contributed by atoms with Gasteiger partial charge in [0.2, 0.25) is 0 Å². The highest BCUT2D eigenvalue weighted by atomic mass is 79.9. The molecule has 0 aliphatic heterocycles. The van der Waals surface area contributed by atoms with Crippen molar-refractivity contribution in [3.63, 3.8) is 0 Å². The number of anilines is 3. The minimum atomic E-state index is -1.34. The van der Waals surface area contributed by atoms with Crippen molar-refractivity contribution in [1.82, 2.24) is 0 Å². The molecule has 0 unspecified atom stereocenters. The number of hydrogen-bond acceptors (Lipinski definition) is 2. The molecule has 0 spiro atoms. The molecule has 0 heterocycles. The second-order valence-corrected chi connectivity index (χ2v) is 13.1. The Morgan fingerprint density at radius 1 is 0.800 bits per heavy atom. The summed E-state index contributed by atoms with van der Waals surface area (Å²) < 4.78 is 0.931. The van der Waals surface area contributed by atoms with Crippen molar-refractivity contribution in [3.8, 4) is 5.75 Å². The third-order valence-electron chi connectivity index (χ3n) is 4.18. The lowest BCUT2D eigenvalue weighted by molar-refractivity contribution is 0.476. The van der Waals surface area contributed by atoms with Gasteiger partial charge in [-0.05, 0) is 42.5 Å². The maximum atomic E-state index is 10.5. The largest absolute Gasteiger partial charge is 0.506 e. The average molecular weight is 412 g/mol. The van der Waals surface area contributed by atoms with Crippen LogP contribution in [0.4, 0.5) is 17.1 Å². The van der Waals surface area contributed by atoms with Gasteiger partial charge < -0.3 is 10.0 Å². The van der Waals surface area contributed by atoms with Crippen molar-refractivity contribution in [2.24, 2.45) is 0 Å². The summed E-state index contributed by atoms with van der Waals surface area (Å²) in [4.78, 5) is 2.08. The normalized spacial score (nSPS) is 11.4. The Morgan fingerprint density at radius 3 is 2.00 bits per heavy atom. The summed E-state index contributed by atoms with van der Waals surface area (Å²) in [5.74, 6) is 0.251. The Hall–Kier alpha value is -2.04. The molecule has 1 N–H and O–H groups in total. The average Bonchev–Trinajstić information content (AvgIpc) is 2.59. The fourth-order valence-electron chi connectivity index (χ4n) is 2.79. The Kier molecular flexibility index (Phi) is 5.02. The number of aromatic hydroxyl groups is 1.